The molecule has 1 amide bonds. The smallest absolute Gasteiger partial charge is 0.235 e. The fourth-order valence-corrected chi connectivity index (χ4v) is 5.34. The van der Waals surface area contributed by atoms with Gasteiger partial charge in [0.1, 0.15) is 5.41 Å². The summed E-state index contributed by atoms with van der Waals surface area (Å²) in [5, 5.41) is 14.9. The topological polar surface area (TPSA) is 52.6 Å². The van der Waals surface area contributed by atoms with E-state index < -0.39 is 17.7 Å². The number of alkyl halides is 1. The molecule has 0 aliphatic carbocycles. The lowest BCUT2D eigenvalue weighted by Crippen LogP contribution is -2.49. The molecule has 36 heavy (non-hydrogen) atoms. The minimum absolute atomic E-state index is 0.108. The highest BCUT2D eigenvalue weighted by Gasteiger charge is 2.42. The predicted molar refractivity (Wildman–Crippen MR) is 143 cm³/mol. The highest BCUT2D eigenvalue weighted by molar-refractivity contribution is 6.30. The first-order valence-corrected chi connectivity index (χ1v) is 13.0. The van der Waals surface area contributed by atoms with E-state index in [4.69, 9.17) is 11.6 Å². The Morgan fingerprint density at radius 1 is 0.944 bits per heavy atom. The lowest BCUT2D eigenvalue weighted by atomic mass is 9.71. The van der Waals surface area contributed by atoms with Crippen molar-refractivity contribution in [1.29, 1.82) is 0 Å². The summed E-state index contributed by atoms with van der Waals surface area (Å²) in [4.78, 5) is 16.1. The lowest BCUT2D eigenvalue weighted by molar-refractivity contribution is -0.125. The molecule has 0 aromatic heterocycles. The average Bonchev–Trinajstić information content (AvgIpc) is 2.92. The van der Waals surface area contributed by atoms with Crippen molar-refractivity contribution in [2.45, 2.75) is 36.7 Å². The van der Waals surface area contributed by atoms with Crippen LogP contribution in [0, 0.1) is 0 Å². The number of carbonyl (C=O) groups is 1. The maximum atomic E-state index is 13.8. The standard InChI is InChI=1S/C30H34ClFN2O2/c31-27-14-12-24(13-15-27)29(36)16-21-34(22-17-29)23-18-30(25-8-3-1-4-9-25,26-10-5-2-6-11-26)28(35)33-20-7-19-32/h1-6,8-15,36H,7,16-23H2,(H,33,35)/i32-1. The van der Waals surface area contributed by atoms with Crippen molar-refractivity contribution in [2.75, 3.05) is 32.9 Å². The molecule has 190 valence electrons. The molecule has 6 heteroatoms. The van der Waals surface area contributed by atoms with E-state index in [2.05, 4.69) is 10.2 Å². The second kappa shape index (κ2) is 12.0. The molecule has 3 aromatic carbocycles. The van der Waals surface area contributed by atoms with E-state index >= 15 is 0 Å². The van der Waals surface area contributed by atoms with Crippen LogP contribution in [0.5, 0.6) is 0 Å². The second-order valence-electron chi connectivity index (χ2n) is 9.57. The van der Waals surface area contributed by atoms with Gasteiger partial charge in [-0.3, -0.25) is 9.18 Å². The van der Waals surface area contributed by atoms with Crippen molar-refractivity contribution in [1.82, 2.24) is 10.2 Å². The van der Waals surface area contributed by atoms with Crippen molar-refractivity contribution in [2.24, 2.45) is 0 Å². The molecule has 0 saturated carbocycles. The Bertz CT molecular complexity index is 1060. The zero-order valence-electron chi connectivity index (χ0n) is 20.5. The van der Waals surface area contributed by atoms with Crippen molar-refractivity contribution < 1.29 is 14.3 Å². The van der Waals surface area contributed by atoms with Gasteiger partial charge in [-0.15, -0.1) is 0 Å². The Balaban J connectivity index is 1.56. The molecule has 0 bridgehead atoms. The van der Waals surface area contributed by atoms with Crippen LogP contribution in [0.25, 0.3) is 0 Å². The van der Waals surface area contributed by atoms with Gasteiger partial charge in [-0.25, -0.2) is 0 Å². The molecule has 1 fully saturated rings. The number of rotatable bonds is 10. The lowest BCUT2D eigenvalue weighted by Gasteiger charge is -2.41. The van der Waals surface area contributed by atoms with Gasteiger partial charge in [-0.1, -0.05) is 84.4 Å². The number of likely N-dealkylation sites (tertiary alicyclic amines) is 1. The number of benzene rings is 3. The summed E-state index contributed by atoms with van der Waals surface area (Å²) in [7, 11) is 0. The number of amides is 1. The fourth-order valence-electron chi connectivity index (χ4n) is 5.22. The van der Waals surface area contributed by atoms with E-state index in [1.54, 1.807) is 0 Å². The molecule has 4 nitrogen and oxygen atoms in total. The van der Waals surface area contributed by atoms with Crippen LogP contribution in [0.2, 0.25) is 5.02 Å². The van der Waals surface area contributed by atoms with E-state index in [1.165, 1.54) is 0 Å². The van der Waals surface area contributed by atoms with E-state index in [0.717, 1.165) is 29.8 Å². The number of nitrogens with zero attached hydrogens (tertiary/aromatic N) is 1. The Labute approximate surface area is 218 Å². The van der Waals surface area contributed by atoms with E-state index in [1.807, 2.05) is 84.9 Å². The van der Waals surface area contributed by atoms with E-state index in [-0.39, 0.29) is 5.91 Å². The van der Waals surface area contributed by atoms with Gasteiger partial charge in [0.15, 0.2) is 0 Å². The maximum Gasteiger partial charge on any atom is 0.235 e. The van der Waals surface area contributed by atoms with Crippen LogP contribution >= 0.6 is 11.6 Å². The molecule has 0 spiro atoms. The van der Waals surface area contributed by atoms with Crippen LogP contribution in [0.15, 0.2) is 84.9 Å². The van der Waals surface area contributed by atoms with Crippen LogP contribution in [-0.4, -0.2) is 48.8 Å². The van der Waals surface area contributed by atoms with Crippen LogP contribution < -0.4 is 5.32 Å². The Morgan fingerprint density at radius 3 is 2.03 bits per heavy atom. The van der Waals surface area contributed by atoms with Gasteiger partial charge in [0.05, 0.1) is 12.3 Å². The minimum atomic E-state index is -0.900. The number of aliphatic hydroxyl groups is 1. The van der Waals surface area contributed by atoms with Crippen molar-refractivity contribution in [3.8, 4) is 0 Å². The highest BCUT2D eigenvalue weighted by atomic mass is 35.5. The van der Waals surface area contributed by atoms with Crippen molar-refractivity contribution >= 4 is 17.5 Å². The average molecular weight is 508 g/mol. The normalized spacial score (nSPS) is 16.0. The third-order valence-electron chi connectivity index (χ3n) is 7.38. The molecule has 1 saturated heterocycles. The van der Waals surface area contributed by atoms with Crippen LogP contribution in [0.1, 0.15) is 42.4 Å². The van der Waals surface area contributed by atoms with Crippen LogP contribution in [-0.2, 0) is 15.8 Å². The largest absolute Gasteiger partial charge is 0.385 e. The number of piperidine rings is 1. The molecule has 0 atom stereocenters. The summed E-state index contributed by atoms with van der Waals surface area (Å²) in [5.74, 6) is -0.108. The molecule has 1 aliphatic rings. The molecular weight excluding hydrogens is 474 g/mol. The monoisotopic (exact) mass is 507 g/mol. The maximum absolute atomic E-state index is 13.8. The van der Waals surface area contributed by atoms with Gasteiger partial charge in [-0.2, -0.15) is 0 Å². The van der Waals surface area contributed by atoms with E-state index in [9.17, 15) is 14.3 Å². The quantitative estimate of drug-likeness (QED) is 0.357. The predicted octanol–water partition coefficient (Wildman–Crippen LogP) is 5.48. The summed E-state index contributed by atoms with van der Waals surface area (Å²) in [5.41, 5.74) is 0.956. The Morgan fingerprint density at radius 2 is 1.50 bits per heavy atom. The summed E-state index contributed by atoms with van der Waals surface area (Å²) < 4.78 is 12.8. The third-order valence-corrected chi connectivity index (χ3v) is 7.64. The van der Waals surface area contributed by atoms with Gasteiger partial charge >= 0.3 is 0 Å². The molecule has 3 aromatic rings. The minimum Gasteiger partial charge on any atom is -0.385 e. The van der Waals surface area contributed by atoms with Crippen LogP contribution in [0.3, 0.4) is 0 Å². The number of hydrogen-bond acceptors (Lipinski definition) is 3. The second-order valence-corrected chi connectivity index (χ2v) is 10.0. The van der Waals surface area contributed by atoms with Gasteiger partial charge in [0.2, 0.25) is 5.91 Å². The zero-order chi connectivity index (χ0) is 25.4. The first-order chi connectivity index (χ1) is 17.5. The molecule has 1 heterocycles. The SMILES string of the molecule is O=C(NCCC[18F])C(CCN1CCC(O)(c2ccc(Cl)cc2)CC1)(c1ccccc1)c1ccccc1. The first kappa shape index (κ1) is 26.3. The zero-order valence-corrected chi connectivity index (χ0v) is 21.3. The molecule has 1 aliphatic heterocycles. The van der Waals surface area contributed by atoms with Crippen molar-refractivity contribution in [3.63, 3.8) is 0 Å². The highest BCUT2D eigenvalue weighted by Crippen LogP contribution is 2.38. The number of hydrogen-bond donors (Lipinski definition) is 2. The molecular formula is C30H34ClFN2O2. The summed E-state index contributed by atoms with van der Waals surface area (Å²) in [6.45, 7) is 1.98. The summed E-state index contributed by atoms with van der Waals surface area (Å²) in [6, 6.07) is 27.1. The van der Waals surface area contributed by atoms with Crippen molar-refractivity contribution in [3.05, 3.63) is 107 Å². The molecule has 4 rings (SSSR count). The Hall–Kier alpha value is -2.73. The Kier molecular flexibility index (Phi) is 8.78. The fraction of sp³-hybridized carbons (Fsp3) is 0.367. The summed E-state index contributed by atoms with van der Waals surface area (Å²) in [6.07, 6.45) is 2.09. The molecule has 0 unspecified atom stereocenters. The van der Waals surface area contributed by atoms with Gasteiger partial charge in [-0.05, 0) is 61.1 Å². The third kappa shape index (κ3) is 5.80. The van der Waals surface area contributed by atoms with E-state index in [0.29, 0.717) is 43.8 Å². The summed E-state index contributed by atoms with van der Waals surface area (Å²) >= 11 is 6.03. The number of nitrogens with one attached hydrogen (secondary N) is 1. The number of carbonyl (C=O) groups excluding carboxylic acids is 1. The van der Waals surface area contributed by atoms with Gasteiger partial charge in [0.25, 0.3) is 0 Å². The molecule has 0 radical (unpaired) electrons. The van der Waals surface area contributed by atoms with Gasteiger partial charge < -0.3 is 15.3 Å². The van der Waals surface area contributed by atoms with Crippen LogP contribution in [0.4, 0.5) is 4.39 Å². The number of halogens is 2. The molecule has 2 N–H and O–H groups in total. The first-order valence-electron chi connectivity index (χ1n) is 12.6. The van der Waals surface area contributed by atoms with Gasteiger partial charge in [0, 0.05) is 24.7 Å².